The Labute approximate surface area is 74.4 Å². The second-order valence-corrected chi connectivity index (χ2v) is 3.96. The van der Waals surface area contributed by atoms with Gasteiger partial charge >= 0.3 is 0 Å². The predicted octanol–water partition coefficient (Wildman–Crippen LogP) is 1.50. The summed E-state index contributed by atoms with van der Waals surface area (Å²) in [5.74, 6) is 0. The third-order valence-electron chi connectivity index (χ3n) is 1.55. The van der Waals surface area contributed by atoms with E-state index in [0.717, 1.165) is 12.8 Å². The van der Waals surface area contributed by atoms with E-state index in [9.17, 15) is 10.1 Å². The van der Waals surface area contributed by atoms with Gasteiger partial charge in [0.2, 0.25) is 0 Å². The fraction of sp³-hybridized carbons (Fsp3) is 1.00. The number of alkyl halides is 1. The van der Waals surface area contributed by atoms with Crippen molar-refractivity contribution in [3.63, 3.8) is 0 Å². The third-order valence-corrected chi connectivity index (χ3v) is 2.56. The molecule has 0 aromatic rings. The smallest absolute Gasteiger partial charge is 0.286 e. The zero-order chi connectivity index (χ0) is 8.91. The molecule has 0 aromatic heterocycles. The lowest BCUT2D eigenvalue weighted by Crippen LogP contribution is -2.39. The molecule has 4 nitrogen and oxygen atoms in total. The van der Waals surface area contributed by atoms with Crippen LogP contribution in [0.3, 0.4) is 0 Å². The molecule has 66 valence electrons. The molecule has 0 aliphatic carbocycles. The van der Waals surface area contributed by atoms with Crippen LogP contribution in [-0.2, 0) is 0 Å². The van der Waals surface area contributed by atoms with Crippen molar-refractivity contribution in [3.05, 3.63) is 10.1 Å². The van der Waals surface area contributed by atoms with E-state index in [1.807, 2.05) is 6.92 Å². The molecule has 0 spiro atoms. The van der Waals surface area contributed by atoms with Crippen LogP contribution >= 0.6 is 15.9 Å². The van der Waals surface area contributed by atoms with Crippen molar-refractivity contribution in [2.75, 3.05) is 6.54 Å². The first-order valence-corrected chi connectivity index (χ1v) is 4.39. The number of nitrogens with two attached hydrogens (primary N) is 1. The Balaban J connectivity index is 3.99. The van der Waals surface area contributed by atoms with Crippen molar-refractivity contribution in [2.45, 2.75) is 30.6 Å². The summed E-state index contributed by atoms with van der Waals surface area (Å²) in [7, 11) is 0. The molecule has 0 saturated carbocycles. The summed E-state index contributed by atoms with van der Waals surface area (Å²) in [4.78, 5) is 10.1. The van der Waals surface area contributed by atoms with E-state index < -0.39 is 4.45 Å². The monoisotopic (exact) mass is 224 g/mol. The van der Waals surface area contributed by atoms with Gasteiger partial charge in [0.15, 0.2) is 0 Å². The Morgan fingerprint density at radius 1 is 1.73 bits per heavy atom. The van der Waals surface area contributed by atoms with Crippen LogP contribution in [0.15, 0.2) is 0 Å². The van der Waals surface area contributed by atoms with Crippen LogP contribution in [0.5, 0.6) is 0 Å². The number of hydrogen-bond donors (Lipinski definition) is 1. The lowest BCUT2D eigenvalue weighted by Gasteiger charge is -2.15. The van der Waals surface area contributed by atoms with Crippen LogP contribution in [0.4, 0.5) is 0 Å². The van der Waals surface area contributed by atoms with E-state index in [1.165, 1.54) is 0 Å². The summed E-state index contributed by atoms with van der Waals surface area (Å²) in [5.41, 5.74) is 5.26. The second kappa shape index (κ2) is 4.66. The minimum absolute atomic E-state index is 0.0417. The quantitative estimate of drug-likeness (QED) is 0.333. The lowest BCUT2D eigenvalue weighted by molar-refractivity contribution is -0.533. The number of unbranched alkanes of at least 4 members (excludes halogenated alkanes) is 1. The highest BCUT2D eigenvalue weighted by atomic mass is 79.9. The number of halogens is 1. The highest BCUT2D eigenvalue weighted by molar-refractivity contribution is 9.10. The molecule has 0 aliphatic rings. The van der Waals surface area contributed by atoms with E-state index in [1.54, 1.807) is 0 Å². The van der Waals surface area contributed by atoms with E-state index in [0.29, 0.717) is 6.42 Å². The zero-order valence-electron chi connectivity index (χ0n) is 6.55. The molecule has 1 unspecified atom stereocenters. The Kier molecular flexibility index (Phi) is 4.60. The van der Waals surface area contributed by atoms with Crippen molar-refractivity contribution in [3.8, 4) is 0 Å². The minimum Gasteiger partial charge on any atom is -0.323 e. The average Bonchev–Trinajstić information content (AvgIpc) is 2.00. The van der Waals surface area contributed by atoms with Gasteiger partial charge in [0, 0.05) is 27.3 Å². The Morgan fingerprint density at radius 2 is 2.27 bits per heavy atom. The molecule has 0 aromatic carbocycles. The SMILES string of the molecule is CCCCC(Br)(CN)[N+](=O)[O-]. The highest BCUT2D eigenvalue weighted by Crippen LogP contribution is 2.24. The zero-order valence-corrected chi connectivity index (χ0v) is 8.13. The van der Waals surface area contributed by atoms with E-state index in [4.69, 9.17) is 5.73 Å². The largest absolute Gasteiger partial charge is 0.323 e. The summed E-state index contributed by atoms with van der Waals surface area (Å²) in [5, 5.41) is 10.4. The maximum absolute atomic E-state index is 10.4. The highest BCUT2D eigenvalue weighted by Gasteiger charge is 2.36. The molecule has 0 fully saturated rings. The molecule has 0 saturated heterocycles. The van der Waals surface area contributed by atoms with Gasteiger partial charge in [0.1, 0.15) is 0 Å². The molecule has 0 radical (unpaired) electrons. The number of rotatable bonds is 5. The van der Waals surface area contributed by atoms with Crippen LogP contribution in [0, 0.1) is 10.1 Å². The Bertz CT molecular complexity index is 143. The molecule has 2 N–H and O–H groups in total. The Hall–Kier alpha value is -0.160. The summed E-state index contributed by atoms with van der Waals surface area (Å²) in [6.07, 6.45) is 2.26. The fourth-order valence-corrected chi connectivity index (χ4v) is 0.996. The first kappa shape index (κ1) is 10.8. The predicted molar refractivity (Wildman–Crippen MR) is 47.2 cm³/mol. The van der Waals surface area contributed by atoms with Gasteiger partial charge in [-0.15, -0.1) is 0 Å². The topological polar surface area (TPSA) is 69.2 Å². The second-order valence-electron chi connectivity index (χ2n) is 2.48. The molecule has 0 bridgehead atoms. The molecule has 1 atom stereocenters. The standard InChI is InChI=1S/C6H13BrN2O2/c1-2-3-4-6(7,5-8)9(10)11/h2-5,8H2,1H3. The van der Waals surface area contributed by atoms with Gasteiger partial charge in [-0.25, -0.2) is 0 Å². The van der Waals surface area contributed by atoms with Crippen LogP contribution in [0.1, 0.15) is 26.2 Å². The number of hydrogen-bond acceptors (Lipinski definition) is 3. The van der Waals surface area contributed by atoms with Crippen molar-refractivity contribution < 1.29 is 4.92 Å². The molecule has 0 aliphatic heterocycles. The van der Waals surface area contributed by atoms with Crippen molar-refractivity contribution in [2.24, 2.45) is 5.73 Å². The minimum atomic E-state index is -1.09. The fourth-order valence-electron chi connectivity index (χ4n) is 0.716. The van der Waals surface area contributed by atoms with E-state index in [2.05, 4.69) is 15.9 Å². The lowest BCUT2D eigenvalue weighted by atomic mass is 10.1. The van der Waals surface area contributed by atoms with E-state index in [-0.39, 0.29) is 11.5 Å². The summed E-state index contributed by atoms with van der Waals surface area (Å²) in [6, 6.07) is 0. The molecule has 0 heterocycles. The summed E-state index contributed by atoms with van der Waals surface area (Å²) >= 11 is 3.03. The van der Waals surface area contributed by atoms with Crippen molar-refractivity contribution in [1.29, 1.82) is 0 Å². The third kappa shape index (κ3) is 3.16. The molecule has 11 heavy (non-hydrogen) atoms. The van der Waals surface area contributed by atoms with Crippen molar-refractivity contribution in [1.82, 2.24) is 0 Å². The molecule has 0 amide bonds. The summed E-state index contributed by atoms with van der Waals surface area (Å²) in [6.45, 7) is 2.03. The molecular weight excluding hydrogens is 212 g/mol. The first-order chi connectivity index (χ1) is 5.06. The van der Waals surface area contributed by atoms with Crippen LogP contribution < -0.4 is 5.73 Å². The van der Waals surface area contributed by atoms with Gasteiger partial charge in [-0.05, 0) is 6.42 Å². The van der Waals surface area contributed by atoms with Gasteiger partial charge in [0.05, 0.1) is 6.54 Å². The van der Waals surface area contributed by atoms with E-state index >= 15 is 0 Å². The average molecular weight is 225 g/mol. The van der Waals surface area contributed by atoms with Gasteiger partial charge < -0.3 is 5.73 Å². The molecule has 0 rings (SSSR count). The number of nitrogens with zero attached hydrogens (tertiary/aromatic N) is 1. The molecular formula is C6H13BrN2O2. The normalized spacial score (nSPS) is 15.9. The van der Waals surface area contributed by atoms with Crippen molar-refractivity contribution >= 4 is 15.9 Å². The Morgan fingerprint density at radius 3 is 2.55 bits per heavy atom. The van der Waals surface area contributed by atoms with Gasteiger partial charge in [-0.2, -0.15) is 0 Å². The van der Waals surface area contributed by atoms with Crippen LogP contribution in [-0.4, -0.2) is 15.9 Å². The van der Waals surface area contributed by atoms with Gasteiger partial charge in [0.25, 0.3) is 4.45 Å². The molecule has 5 heteroatoms. The van der Waals surface area contributed by atoms with Gasteiger partial charge in [-0.3, -0.25) is 10.1 Å². The van der Waals surface area contributed by atoms with Crippen LogP contribution in [0.2, 0.25) is 0 Å². The first-order valence-electron chi connectivity index (χ1n) is 3.60. The maximum atomic E-state index is 10.4. The van der Waals surface area contributed by atoms with Gasteiger partial charge in [-0.1, -0.05) is 13.3 Å². The number of nitro groups is 1. The summed E-state index contributed by atoms with van der Waals surface area (Å²) < 4.78 is -1.09. The van der Waals surface area contributed by atoms with Crippen LogP contribution in [0.25, 0.3) is 0 Å². The maximum Gasteiger partial charge on any atom is 0.286 e.